The molecule has 1 aromatic rings. The Morgan fingerprint density at radius 1 is 1.25 bits per heavy atom. The molecule has 0 aliphatic heterocycles. The second kappa shape index (κ2) is 9.03. The molecule has 1 N–H and O–H groups in total. The molecule has 0 aromatic carbocycles. The molecule has 2 unspecified atom stereocenters. The van der Waals surface area contributed by atoms with E-state index in [4.69, 9.17) is 0 Å². The molecule has 0 bridgehead atoms. The predicted molar refractivity (Wildman–Crippen MR) is 82.2 cm³/mol. The fourth-order valence-electron chi connectivity index (χ4n) is 2.46. The zero-order valence-corrected chi connectivity index (χ0v) is 13.2. The molecule has 0 radical (unpaired) electrons. The van der Waals surface area contributed by atoms with E-state index in [0.717, 1.165) is 38.3 Å². The van der Waals surface area contributed by atoms with Crippen LogP contribution in [0.25, 0.3) is 0 Å². The minimum absolute atomic E-state index is 0.177. The van der Waals surface area contributed by atoms with Gasteiger partial charge in [-0.15, -0.1) is 0 Å². The zero-order chi connectivity index (χ0) is 15.0. The van der Waals surface area contributed by atoms with Gasteiger partial charge in [-0.25, -0.2) is 4.39 Å². The molecule has 1 rings (SSSR count). The monoisotopic (exact) mass is 281 g/mol. The predicted octanol–water partition coefficient (Wildman–Crippen LogP) is 3.24. The van der Waals surface area contributed by atoms with Gasteiger partial charge in [-0.3, -0.25) is 4.98 Å². The first kappa shape index (κ1) is 17.1. The molecular weight excluding hydrogens is 253 g/mol. The SMILES string of the molecule is CCCNC(c1ccc(F)cn1)C(C)CN(CC)CC. The Balaban J connectivity index is 2.79. The van der Waals surface area contributed by atoms with Crippen LogP contribution in [0.5, 0.6) is 0 Å². The fraction of sp³-hybridized carbons (Fsp3) is 0.688. The van der Waals surface area contributed by atoms with E-state index in [1.165, 1.54) is 12.3 Å². The maximum absolute atomic E-state index is 13.0. The van der Waals surface area contributed by atoms with Crippen molar-refractivity contribution >= 4 is 0 Å². The Bertz CT molecular complexity index is 362. The first-order chi connectivity index (χ1) is 9.62. The summed E-state index contributed by atoms with van der Waals surface area (Å²) in [5.41, 5.74) is 0.930. The van der Waals surface area contributed by atoms with Crippen molar-refractivity contribution in [3.05, 3.63) is 29.8 Å². The van der Waals surface area contributed by atoms with E-state index in [0.29, 0.717) is 5.92 Å². The molecule has 0 aliphatic rings. The van der Waals surface area contributed by atoms with Gasteiger partial charge in [0.1, 0.15) is 5.82 Å². The minimum Gasteiger partial charge on any atom is -0.308 e. The summed E-state index contributed by atoms with van der Waals surface area (Å²) in [6, 6.07) is 3.46. The summed E-state index contributed by atoms with van der Waals surface area (Å²) in [6.07, 6.45) is 2.38. The van der Waals surface area contributed by atoms with Gasteiger partial charge in [-0.1, -0.05) is 27.7 Å². The van der Waals surface area contributed by atoms with Gasteiger partial charge in [-0.2, -0.15) is 0 Å². The summed E-state index contributed by atoms with van der Waals surface area (Å²) < 4.78 is 13.0. The lowest BCUT2D eigenvalue weighted by molar-refractivity contribution is 0.226. The number of nitrogens with zero attached hydrogens (tertiary/aromatic N) is 2. The van der Waals surface area contributed by atoms with Crippen LogP contribution in [-0.4, -0.2) is 36.1 Å². The minimum atomic E-state index is -0.278. The van der Waals surface area contributed by atoms with E-state index in [1.807, 2.05) is 0 Å². The van der Waals surface area contributed by atoms with Crippen molar-refractivity contribution in [1.82, 2.24) is 15.2 Å². The summed E-state index contributed by atoms with van der Waals surface area (Å²) in [5, 5.41) is 3.55. The molecule has 0 aliphatic carbocycles. The first-order valence-electron chi connectivity index (χ1n) is 7.69. The molecule has 0 spiro atoms. The van der Waals surface area contributed by atoms with E-state index in [1.54, 1.807) is 6.07 Å². The Hall–Kier alpha value is -1.00. The number of hydrogen-bond acceptors (Lipinski definition) is 3. The van der Waals surface area contributed by atoms with Crippen LogP contribution in [0.1, 0.15) is 45.9 Å². The Morgan fingerprint density at radius 2 is 1.95 bits per heavy atom. The molecule has 3 nitrogen and oxygen atoms in total. The van der Waals surface area contributed by atoms with Gasteiger partial charge in [0, 0.05) is 6.54 Å². The maximum atomic E-state index is 13.0. The number of halogens is 1. The van der Waals surface area contributed by atoms with Crippen molar-refractivity contribution in [3.8, 4) is 0 Å². The summed E-state index contributed by atoms with van der Waals surface area (Å²) in [5.74, 6) is 0.152. The summed E-state index contributed by atoms with van der Waals surface area (Å²) >= 11 is 0. The van der Waals surface area contributed by atoms with Crippen LogP contribution in [0.2, 0.25) is 0 Å². The van der Waals surface area contributed by atoms with Crippen LogP contribution in [0, 0.1) is 11.7 Å². The number of aromatic nitrogens is 1. The van der Waals surface area contributed by atoms with Crippen molar-refractivity contribution in [2.24, 2.45) is 5.92 Å². The summed E-state index contributed by atoms with van der Waals surface area (Å²) in [7, 11) is 0. The van der Waals surface area contributed by atoms with E-state index in [2.05, 4.69) is 42.9 Å². The number of rotatable bonds is 9. The fourth-order valence-corrected chi connectivity index (χ4v) is 2.46. The van der Waals surface area contributed by atoms with Gasteiger partial charge in [0.15, 0.2) is 0 Å². The van der Waals surface area contributed by atoms with Gasteiger partial charge < -0.3 is 10.2 Å². The van der Waals surface area contributed by atoms with E-state index in [-0.39, 0.29) is 11.9 Å². The molecule has 1 heterocycles. The quantitative estimate of drug-likeness (QED) is 0.753. The molecule has 4 heteroatoms. The molecular formula is C16H28FN3. The van der Waals surface area contributed by atoms with Crippen molar-refractivity contribution in [1.29, 1.82) is 0 Å². The standard InChI is InChI=1S/C16H28FN3/c1-5-10-18-16(13(4)12-20(6-2)7-3)15-9-8-14(17)11-19-15/h8-9,11,13,16,18H,5-7,10,12H2,1-4H3. The van der Waals surface area contributed by atoms with Crippen LogP contribution in [0.4, 0.5) is 4.39 Å². The maximum Gasteiger partial charge on any atom is 0.141 e. The van der Waals surface area contributed by atoms with E-state index in [9.17, 15) is 4.39 Å². The van der Waals surface area contributed by atoms with Crippen molar-refractivity contribution in [2.75, 3.05) is 26.2 Å². The smallest absolute Gasteiger partial charge is 0.141 e. The third kappa shape index (κ3) is 5.17. The van der Waals surface area contributed by atoms with Crippen LogP contribution >= 0.6 is 0 Å². The Labute approximate surface area is 122 Å². The molecule has 0 fully saturated rings. The molecule has 0 saturated heterocycles. The first-order valence-corrected chi connectivity index (χ1v) is 7.69. The Kier molecular flexibility index (Phi) is 7.70. The third-order valence-corrected chi connectivity index (χ3v) is 3.69. The lowest BCUT2D eigenvalue weighted by Crippen LogP contribution is -2.36. The molecule has 2 atom stereocenters. The Morgan fingerprint density at radius 3 is 2.45 bits per heavy atom. The molecule has 1 aromatic heterocycles. The number of nitrogens with one attached hydrogen (secondary N) is 1. The summed E-state index contributed by atoms with van der Waals surface area (Å²) in [6.45, 7) is 12.8. The van der Waals surface area contributed by atoms with Crippen LogP contribution in [0.3, 0.4) is 0 Å². The normalized spacial score (nSPS) is 14.5. The molecule has 114 valence electrons. The van der Waals surface area contributed by atoms with Crippen LogP contribution in [-0.2, 0) is 0 Å². The average molecular weight is 281 g/mol. The summed E-state index contributed by atoms with van der Waals surface area (Å²) in [4.78, 5) is 6.67. The highest BCUT2D eigenvalue weighted by atomic mass is 19.1. The zero-order valence-electron chi connectivity index (χ0n) is 13.2. The lowest BCUT2D eigenvalue weighted by Gasteiger charge is -2.29. The van der Waals surface area contributed by atoms with Gasteiger partial charge >= 0.3 is 0 Å². The number of pyridine rings is 1. The molecule has 20 heavy (non-hydrogen) atoms. The lowest BCUT2D eigenvalue weighted by atomic mass is 9.97. The topological polar surface area (TPSA) is 28.2 Å². The van der Waals surface area contributed by atoms with Crippen LogP contribution < -0.4 is 5.32 Å². The molecule has 0 saturated carbocycles. The highest BCUT2D eigenvalue weighted by Crippen LogP contribution is 2.21. The second-order valence-corrected chi connectivity index (χ2v) is 5.30. The highest BCUT2D eigenvalue weighted by Gasteiger charge is 2.21. The average Bonchev–Trinajstić information content (AvgIpc) is 2.46. The van der Waals surface area contributed by atoms with E-state index < -0.39 is 0 Å². The van der Waals surface area contributed by atoms with Gasteiger partial charge in [-0.05, 0) is 44.1 Å². The second-order valence-electron chi connectivity index (χ2n) is 5.30. The van der Waals surface area contributed by atoms with Crippen molar-refractivity contribution in [3.63, 3.8) is 0 Å². The highest BCUT2D eigenvalue weighted by molar-refractivity contribution is 5.11. The van der Waals surface area contributed by atoms with Gasteiger partial charge in [0.2, 0.25) is 0 Å². The van der Waals surface area contributed by atoms with E-state index >= 15 is 0 Å². The van der Waals surface area contributed by atoms with Gasteiger partial charge in [0.05, 0.1) is 17.9 Å². The van der Waals surface area contributed by atoms with Crippen molar-refractivity contribution in [2.45, 2.75) is 40.2 Å². The number of hydrogen-bond donors (Lipinski definition) is 1. The van der Waals surface area contributed by atoms with Crippen molar-refractivity contribution < 1.29 is 4.39 Å². The van der Waals surface area contributed by atoms with Gasteiger partial charge in [0.25, 0.3) is 0 Å². The third-order valence-electron chi connectivity index (χ3n) is 3.69. The van der Waals surface area contributed by atoms with Crippen LogP contribution in [0.15, 0.2) is 18.3 Å². The largest absolute Gasteiger partial charge is 0.308 e. The molecule has 0 amide bonds.